The quantitative estimate of drug-likeness (QED) is 0.0684. The number of amides is 2. The van der Waals surface area contributed by atoms with Gasteiger partial charge in [-0.3, -0.25) is 4.79 Å². The Morgan fingerprint density at radius 1 is 0.812 bits per heavy atom. The number of esters is 1. The van der Waals surface area contributed by atoms with E-state index in [-0.39, 0.29) is 30.7 Å². The van der Waals surface area contributed by atoms with Gasteiger partial charge in [-0.15, -0.1) is 0 Å². The second-order valence-electron chi connectivity index (χ2n) is 12.5. The number of carbonyl (C=O) groups excluding carboxylic acids is 2. The third-order valence-corrected chi connectivity index (χ3v) is 10.1. The number of rotatable bonds is 24. The van der Waals surface area contributed by atoms with Crippen molar-refractivity contribution in [2.75, 3.05) is 71.0 Å². The number of nitrogens with one attached hydrogen (secondary N) is 2. The molecule has 2 aliphatic heterocycles. The molecule has 0 spiro atoms. The summed E-state index contributed by atoms with van der Waals surface area (Å²) in [7, 11) is 4.10. The van der Waals surface area contributed by atoms with Crippen LogP contribution in [-0.4, -0.2) is 95.4 Å². The smallest absolute Gasteiger partial charge is 0.315 e. The molecule has 0 bridgehead atoms. The maximum absolute atomic E-state index is 11.9. The predicted molar refractivity (Wildman–Crippen MR) is 192 cm³/mol. The molecule has 0 radical (unpaired) electrons. The number of unbranched alkanes of at least 4 members (excludes halogenated alkanes) is 4. The van der Waals surface area contributed by atoms with Gasteiger partial charge < -0.3 is 34.5 Å². The summed E-state index contributed by atoms with van der Waals surface area (Å²) in [4.78, 5) is 25.5. The number of carbonyl (C=O) groups is 2. The molecule has 2 fully saturated rings. The first-order chi connectivity index (χ1) is 23.5. The number of hydrogen-bond acceptors (Lipinski definition) is 8. The molecule has 4 rings (SSSR count). The van der Waals surface area contributed by atoms with Gasteiger partial charge in [-0.1, -0.05) is 37.1 Å². The van der Waals surface area contributed by atoms with Gasteiger partial charge in [0.25, 0.3) is 0 Å². The standard InChI is InChI=1S/C37H54N4O6S/c1-40(2)32-15-13-30(14-16-32)11-12-31-17-20-41(21-18-31)19-7-3-4-8-22-44-23-24-45-25-26-46-27-28-47-35(42)10-6-5-9-34-36-33(29-48-34)38-37(43)39-36/h11-18,20-21,33-34,36H,3-10,19,22-29H2,1-2H3,(H-,38,39,43)/p+1. The molecule has 2 amide bonds. The fourth-order valence-electron chi connectivity index (χ4n) is 5.74. The number of pyridine rings is 1. The lowest BCUT2D eigenvalue weighted by atomic mass is 10.0. The van der Waals surface area contributed by atoms with Gasteiger partial charge in [-0.05, 0) is 48.9 Å². The average Bonchev–Trinajstić information content (AvgIpc) is 3.65. The first kappa shape index (κ1) is 37.7. The van der Waals surface area contributed by atoms with E-state index in [1.807, 2.05) is 11.8 Å². The van der Waals surface area contributed by atoms with Crippen molar-refractivity contribution in [3.05, 3.63) is 59.9 Å². The molecule has 0 saturated carbocycles. The van der Waals surface area contributed by atoms with Crippen LogP contribution < -0.4 is 20.1 Å². The number of aryl methyl sites for hydroxylation is 1. The molecule has 264 valence electrons. The van der Waals surface area contributed by atoms with Gasteiger partial charge in [-0.2, -0.15) is 11.8 Å². The van der Waals surface area contributed by atoms with Crippen molar-refractivity contribution >= 4 is 41.6 Å². The molecule has 11 heteroatoms. The number of aromatic nitrogens is 1. The molecule has 0 aliphatic carbocycles. The van der Waals surface area contributed by atoms with E-state index in [9.17, 15) is 9.59 Å². The maximum atomic E-state index is 11.9. The third-order valence-electron chi connectivity index (χ3n) is 8.54. The van der Waals surface area contributed by atoms with Gasteiger partial charge in [0.2, 0.25) is 0 Å². The molecule has 3 unspecified atom stereocenters. The lowest BCUT2D eigenvalue weighted by molar-refractivity contribution is -0.697. The number of benzene rings is 1. The fraction of sp³-hybridized carbons (Fsp3) is 0.595. The topological polar surface area (TPSA) is 102 Å². The molecule has 1 aromatic heterocycles. The zero-order valence-electron chi connectivity index (χ0n) is 28.8. The molecular weight excluding hydrogens is 628 g/mol. The van der Waals surface area contributed by atoms with Crippen LogP contribution in [0.2, 0.25) is 0 Å². The van der Waals surface area contributed by atoms with E-state index in [2.05, 4.69) is 95.1 Å². The second kappa shape index (κ2) is 21.8. The van der Waals surface area contributed by atoms with Crippen LogP contribution in [0.15, 0.2) is 48.8 Å². The minimum absolute atomic E-state index is 0.0598. The maximum Gasteiger partial charge on any atom is 0.315 e. The first-order valence-electron chi connectivity index (χ1n) is 17.5. The van der Waals surface area contributed by atoms with Gasteiger partial charge in [0.1, 0.15) is 13.2 Å². The Balaban J connectivity index is 0.868. The van der Waals surface area contributed by atoms with Crippen molar-refractivity contribution in [1.29, 1.82) is 0 Å². The molecule has 2 aromatic rings. The minimum atomic E-state index is -0.185. The van der Waals surface area contributed by atoms with E-state index in [1.54, 1.807) is 0 Å². The summed E-state index contributed by atoms with van der Waals surface area (Å²) in [5, 5.41) is 6.39. The second-order valence-corrected chi connectivity index (χ2v) is 13.8. The summed E-state index contributed by atoms with van der Waals surface area (Å²) in [5.41, 5.74) is 3.60. The van der Waals surface area contributed by atoms with Crippen LogP contribution in [0, 0.1) is 0 Å². The van der Waals surface area contributed by atoms with Gasteiger partial charge in [0.05, 0.1) is 45.1 Å². The average molecular weight is 684 g/mol. The summed E-state index contributed by atoms with van der Waals surface area (Å²) in [5.74, 6) is 0.774. The highest BCUT2D eigenvalue weighted by atomic mass is 32.2. The minimum Gasteiger partial charge on any atom is -0.463 e. The Bertz CT molecular complexity index is 1240. The zero-order valence-corrected chi connectivity index (χ0v) is 29.6. The number of hydrogen-bond donors (Lipinski definition) is 2. The lowest BCUT2D eigenvalue weighted by Crippen LogP contribution is -2.36. The van der Waals surface area contributed by atoms with Crippen molar-refractivity contribution < 1.29 is 33.1 Å². The predicted octanol–water partition coefficient (Wildman–Crippen LogP) is 5.09. The first-order valence-corrected chi connectivity index (χ1v) is 18.5. The van der Waals surface area contributed by atoms with Crippen LogP contribution in [0.1, 0.15) is 62.5 Å². The van der Waals surface area contributed by atoms with Crippen LogP contribution in [0.3, 0.4) is 0 Å². The van der Waals surface area contributed by atoms with Crippen LogP contribution >= 0.6 is 11.8 Å². The molecule has 3 atom stereocenters. The summed E-state index contributed by atoms with van der Waals surface area (Å²) in [6.45, 7) is 4.51. The van der Waals surface area contributed by atoms with Crippen molar-refractivity contribution in [3.63, 3.8) is 0 Å². The molecule has 48 heavy (non-hydrogen) atoms. The van der Waals surface area contributed by atoms with E-state index in [0.29, 0.717) is 44.7 Å². The van der Waals surface area contributed by atoms with Gasteiger partial charge in [0, 0.05) is 62.4 Å². The number of urea groups is 1. The fourth-order valence-corrected chi connectivity index (χ4v) is 7.29. The summed E-state index contributed by atoms with van der Waals surface area (Å²) < 4.78 is 24.2. The molecule has 3 heterocycles. The number of ether oxygens (including phenoxy) is 4. The van der Waals surface area contributed by atoms with Crippen LogP contribution in [0.5, 0.6) is 0 Å². The molecule has 1 aromatic carbocycles. The van der Waals surface area contributed by atoms with Crippen LogP contribution in [0.25, 0.3) is 12.2 Å². The summed E-state index contributed by atoms with van der Waals surface area (Å²) >= 11 is 1.90. The Hall–Kier alpha value is -3.12. The Morgan fingerprint density at radius 2 is 1.46 bits per heavy atom. The Labute approximate surface area is 290 Å². The van der Waals surface area contributed by atoms with Crippen LogP contribution in [0.4, 0.5) is 10.5 Å². The van der Waals surface area contributed by atoms with E-state index < -0.39 is 0 Å². The molecule has 2 aliphatic rings. The van der Waals surface area contributed by atoms with Gasteiger partial charge in [0.15, 0.2) is 12.4 Å². The number of thioether (sulfide) groups is 1. The molecule has 2 saturated heterocycles. The third kappa shape index (κ3) is 14.2. The Kier molecular flexibility index (Phi) is 17.1. The van der Waals surface area contributed by atoms with Gasteiger partial charge in [-0.25, -0.2) is 9.36 Å². The van der Waals surface area contributed by atoms with E-state index in [4.69, 9.17) is 18.9 Å². The van der Waals surface area contributed by atoms with Crippen molar-refractivity contribution in [3.8, 4) is 0 Å². The summed E-state index contributed by atoms with van der Waals surface area (Å²) in [6, 6.07) is 13.3. The highest BCUT2D eigenvalue weighted by Gasteiger charge is 2.42. The highest BCUT2D eigenvalue weighted by Crippen LogP contribution is 2.33. The largest absolute Gasteiger partial charge is 0.463 e. The van der Waals surface area contributed by atoms with Crippen molar-refractivity contribution in [1.82, 2.24) is 10.6 Å². The van der Waals surface area contributed by atoms with Crippen molar-refractivity contribution in [2.24, 2.45) is 0 Å². The zero-order chi connectivity index (χ0) is 33.8. The number of fused-ring (bicyclic) bond motifs is 1. The molecule has 10 nitrogen and oxygen atoms in total. The van der Waals surface area contributed by atoms with E-state index >= 15 is 0 Å². The normalized spacial score (nSPS) is 18.5. The van der Waals surface area contributed by atoms with E-state index in [0.717, 1.165) is 57.4 Å². The monoisotopic (exact) mass is 683 g/mol. The molecular formula is C37H55N4O6S+. The molecule has 2 N–H and O–H groups in total. The van der Waals surface area contributed by atoms with Crippen LogP contribution in [-0.2, 0) is 30.3 Å². The number of nitrogens with zero attached hydrogens (tertiary/aromatic N) is 2. The van der Waals surface area contributed by atoms with Gasteiger partial charge >= 0.3 is 12.0 Å². The van der Waals surface area contributed by atoms with Crippen molar-refractivity contribution in [2.45, 2.75) is 75.2 Å². The highest BCUT2D eigenvalue weighted by molar-refractivity contribution is 8.00. The number of anilines is 1. The van der Waals surface area contributed by atoms with E-state index in [1.165, 1.54) is 23.2 Å². The summed E-state index contributed by atoms with van der Waals surface area (Å²) in [6.07, 6.45) is 16.3. The SMILES string of the molecule is CN(C)c1ccc(/C=C/c2cc[n+](CCCCCCOCCOCCOCCOC(=O)CCCCC3SCC4NC(=O)NC43)cc2)cc1. The Morgan fingerprint density at radius 3 is 2.17 bits per heavy atom. The lowest BCUT2D eigenvalue weighted by Gasteiger charge is -2.16.